The lowest BCUT2D eigenvalue weighted by atomic mass is 10.0. The molecule has 1 unspecified atom stereocenters. The van der Waals surface area contributed by atoms with Crippen LogP contribution < -0.4 is 0 Å². The Hall–Kier alpha value is -2.31. The quantitative estimate of drug-likeness (QED) is 0.844. The van der Waals surface area contributed by atoms with Crippen molar-refractivity contribution in [3.8, 4) is 0 Å². The molecule has 1 N–H and O–H groups in total. The number of amides is 2. The molecule has 112 valence electrons. The molecule has 1 aliphatic heterocycles. The number of hydrogen-bond donors (Lipinski definition) is 1. The largest absolute Gasteiger partial charge is 0.481 e. The lowest BCUT2D eigenvalue weighted by Gasteiger charge is -2.18. The van der Waals surface area contributed by atoms with Crippen LogP contribution in [0.2, 0.25) is 0 Å². The van der Waals surface area contributed by atoms with Gasteiger partial charge in [-0.25, -0.2) is 8.78 Å². The Kier molecular flexibility index (Phi) is 4.02. The van der Waals surface area contributed by atoms with Crippen LogP contribution in [0.15, 0.2) is 12.1 Å². The summed E-state index contributed by atoms with van der Waals surface area (Å²) < 4.78 is 26.3. The van der Waals surface area contributed by atoms with E-state index in [-0.39, 0.29) is 17.7 Å². The van der Waals surface area contributed by atoms with E-state index in [0.29, 0.717) is 25.0 Å². The van der Waals surface area contributed by atoms with E-state index in [4.69, 9.17) is 5.11 Å². The second-order valence-electron chi connectivity index (χ2n) is 4.86. The molecule has 0 aromatic heterocycles. The molecule has 7 heteroatoms. The van der Waals surface area contributed by atoms with Gasteiger partial charge in [0.1, 0.15) is 0 Å². The molecule has 0 spiro atoms. The van der Waals surface area contributed by atoms with Crippen LogP contribution >= 0.6 is 0 Å². The predicted molar refractivity (Wildman–Crippen MR) is 67.8 cm³/mol. The lowest BCUT2D eigenvalue weighted by molar-refractivity contribution is -0.142. The maximum atomic E-state index is 13.2. The van der Waals surface area contributed by atoms with Crippen LogP contribution in [-0.2, 0) is 4.79 Å². The zero-order chi connectivity index (χ0) is 15.7. The number of imide groups is 1. The van der Waals surface area contributed by atoms with Gasteiger partial charge >= 0.3 is 5.97 Å². The van der Waals surface area contributed by atoms with E-state index >= 15 is 0 Å². The van der Waals surface area contributed by atoms with Crippen molar-refractivity contribution in [3.05, 3.63) is 34.9 Å². The number of carbonyl (C=O) groups excluding carboxylic acids is 2. The maximum absolute atomic E-state index is 13.2. The first-order valence-corrected chi connectivity index (χ1v) is 6.44. The van der Waals surface area contributed by atoms with Gasteiger partial charge in [-0.1, -0.05) is 13.3 Å². The predicted octanol–water partition coefficient (Wildman–Crippen LogP) is 2.06. The van der Waals surface area contributed by atoms with Crippen LogP contribution in [0.1, 0.15) is 40.5 Å². The SMILES string of the molecule is CCCC(CN1C(=O)c2cc(F)c(F)cc2C1=O)C(=O)O. The number of nitrogens with zero attached hydrogens (tertiary/aromatic N) is 1. The minimum atomic E-state index is -1.22. The van der Waals surface area contributed by atoms with Gasteiger partial charge in [0.05, 0.1) is 17.0 Å². The summed E-state index contributed by atoms with van der Waals surface area (Å²) in [5.74, 6) is -6.05. The first kappa shape index (κ1) is 15.1. The smallest absolute Gasteiger partial charge is 0.308 e. The highest BCUT2D eigenvalue weighted by atomic mass is 19.2. The first-order chi connectivity index (χ1) is 9.86. The van der Waals surface area contributed by atoms with Crippen molar-refractivity contribution in [2.75, 3.05) is 6.54 Å². The van der Waals surface area contributed by atoms with E-state index in [1.165, 1.54) is 0 Å². The summed E-state index contributed by atoms with van der Waals surface area (Å²) in [6.45, 7) is 1.47. The molecule has 0 aliphatic carbocycles. The van der Waals surface area contributed by atoms with E-state index in [9.17, 15) is 23.2 Å². The van der Waals surface area contributed by atoms with Crippen molar-refractivity contribution >= 4 is 17.8 Å². The van der Waals surface area contributed by atoms with Crippen molar-refractivity contribution in [2.45, 2.75) is 19.8 Å². The second kappa shape index (κ2) is 5.59. The third kappa shape index (κ3) is 2.63. The summed E-state index contributed by atoms with van der Waals surface area (Å²) in [6.07, 6.45) is 0.870. The number of halogens is 2. The van der Waals surface area contributed by atoms with Gasteiger partial charge in [-0.2, -0.15) is 0 Å². The van der Waals surface area contributed by atoms with Crippen molar-refractivity contribution in [2.24, 2.45) is 5.92 Å². The van der Waals surface area contributed by atoms with Crippen molar-refractivity contribution in [1.29, 1.82) is 0 Å². The van der Waals surface area contributed by atoms with Gasteiger partial charge in [-0.3, -0.25) is 19.3 Å². The minimum absolute atomic E-state index is 0.237. The third-order valence-corrected chi connectivity index (χ3v) is 3.40. The topological polar surface area (TPSA) is 74.7 Å². The number of benzene rings is 1. The van der Waals surface area contributed by atoms with Crippen molar-refractivity contribution in [3.63, 3.8) is 0 Å². The summed E-state index contributed by atoms with van der Waals surface area (Å²) in [7, 11) is 0. The average molecular weight is 297 g/mol. The molecule has 0 radical (unpaired) electrons. The van der Waals surface area contributed by atoms with Crippen molar-refractivity contribution < 1.29 is 28.3 Å². The molecule has 0 saturated heterocycles. The summed E-state index contributed by atoms with van der Waals surface area (Å²) in [6, 6.07) is 1.33. The molecule has 5 nitrogen and oxygen atoms in total. The highest BCUT2D eigenvalue weighted by Crippen LogP contribution is 2.26. The summed E-state index contributed by atoms with van der Waals surface area (Å²) in [4.78, 5) is 35.9. The number of hydrogen-bond acceptors (Lipinski definition) is 3. The number of rotatable bonds is 5. The summed E-state index contributed by atoms with van der Waals surface area (Å²) in [5, 5.41) is 9.07. The monoisotopic (exact) mass is 297 g/mol. The maximum Gasteiger partial charge on any atom is 0.308 e. The highest BCUT2D eigenvalue weighted by molar-refractivity contribution is 6.21. The number of carboxylic acids is 1. The highest BCUT2D eigenvalue weighted by Gasteiger charge is 2.38. The zero-order valence-corrected chi connectivity index (χ0v) is 11.2. The molecule has 0 bridgehead atoms. The number of fused-ring (bicyclic) bond motifs is 1. The van der Waals surface area contributed by atoms with Gasteiger partial charge in [-0.05, 0) is 18.6 Å². The van der Waals surface area contributed by atoms with Gasteiger partial charge in [0.15, 0.2) is 11.6 Å². The number of carboxylic acid groups (broad SMARTS) is 1. The fourth-order valence-electron chi connectivity index (χ4n) is 2.31. The Bertz CT molecular complexity index is 589. The standard InChI is InChI=1S/C14H13F2NO4/c1-2-3-7(14(20)21)6-17-12(18)8-4-10(15)11(16)5-9(8)13(17)19/h4-5,7H,2-3,6H2,1H3,(H,20,21). The zero-order valence-electron chi connectivity index (χ0n) is 11.2. The molecule has 1 aromatic rings. The molecule has 0 saturated carbocycles. The average Bonchev–Trinajstić information content (AvgIpc) is 2.64. The molecular formula is C14H13F2NO4. The molecule has 1 aromatic carbocycles. The van der Waals surface area contributed by atoms with Gasteiger partial charge in [0.25, 0.3) is 11.8 Å². The van der Waals surface area contributed by atoms with Gasteiger partial charge < -0.3 is 5.11 Å². The van der Waals surface area contributed by atoms with Gasteiger partial charge in [0.2, 0.25) is 0 Å². The van der Waals surface area contributed by atoms with E-state index in [1.807, 2.05) is 0 Å². The molecule has 2 amide bonds. The summed E-state index contributed by atoms with van der Waals surface area (Å²) >= 11 is 0. The lowest BCUT2D eigenvalue weighted by Crippen LogP contribution is -2.37. The minimum Gasteiger partial charge on any atom is -0.481 e. The summed E-state index contributed by atoms with van der Waals surface area (Å²) in [5.41, 5.74) is -0.473. The molecular weight excluding hydrogens is 284 g/mol. The molecule has 21 heavy (non-hydrogen) atoms. The van der Waals surface area contributed by atoms with Crippen LogP contribution in [0, 0.1) is 17.6 Å². The van der Waals surface area contributed by atoms with Crippen molar-refractivity contribution in [1.82, 2.24) is 4.90 Å². The van der Waals surface area contributed by atoms with E-state index in [0.717, 1.165) is 4.90 Å². The number of carbonyl (C=O) groups is 3. The van der Waals surface area contributed by atoms with E-state index in [2.05, 4.69) is 0 Å². The Morgan fingerprint density at radius 2 is 1.67 bits per heavy atom. The second-order valence-corrected chi connectivity index (χ2v) is 4.86. The molecule has 1 aliphatic rings. The Balaban J connectivity index is 2.31. The Morgan fingerprint density at radius 1 is 1.19 bits per heavy atom. The number of aliphatic carboxylic acids is 1. The fourth-order valence-corrected chi connectivity index (χ4v) is 2.31. The van der Waals surface area contributed by atoms with Crippen LogP contribution in [0.3, 0.4) is 0 Å². The third-order valence-electron chi connectivity index (χ3n) is 3.40. The van der Waals surface area contributed by atoms with Crippen LogP contribution in [0.25, 0.3) is 0 Å². The van der Waals surface area contributed by atoms with Gasteiger partial charge in [0, 0.05) is 6.54 Å². The van der Waals surface area contributed by atoms with Gasteiger partial charge in [-0.15, -0.1) is 0 Å². The molecule has 2 rings (SSSR count). The normalized spacial score (nSPS) is 15.3. The first-order valence-electron chi connectivity index (χ1n) is 6.44. The Morgan fingerprint density at radius 3 is 2.05 bits per heavy atom. The fraction of sp³-hybridized carbons (Fsp3) is 0.357. The van der Waals surface area contributed by atoms with E-state index < -0.39 is 35.3 Å². The van der Waals surface area contributed by atoms with Crippen LogP contribution in [0.4, 0.5) is 8.78 Å². The van der Waals surface area contributed by atoms with Crippen LogP contribution in [0.5, 0.6) is 0 Å². The molecule has 1 atom stereocenters. The van der Waals surface area contributed by atoms with E-state index in [1.54, 1.807) is 6.92 Å². The Labute approximate surface area is 119 Å². The van der Waals surface area contributed by atoms with Crippen LogP contribution in [-0.4, -0.2) is 34.3 Å². The molecule has 1 heterocycles. The molecule has 0 fully saturated rings.